The number of carbonyl (C=O) groups is 2. The third kappa shape index (κ3) is 8.37. The highest BCUT2D eigenvalue weighted by atomic mass is 32.2. The standard InChI is InChI=1S/C36H38N4O7S/c1-47-32-16-10-13-28(23-32)25-38(34(24-27-11-4-2-5-12-27)36(42)37-29-14-8-9-15-29)35(41)26-39(30-19-21-31(22-20-30)40(43)44)48(45,46)33-17-6-3-7-18-33/h2-7,10-13,16-23,29,34H,8-9,14-15,24-26H2,1H3,(H,37,42)/t34-/m1/s1. The molecule has 0 saturated heterocycles. The Bertz CT molecular complexity index is 1810. The number of non-ortho nitro benzene ring substituents is 1. The lowest BCUT2D eigenvalue weighted by atomic mass is 10.0. The lowest BCUT2D eigenvalue weighted by Gasteiger charge is -2.34. The van der Waals surface area contributed by atoms with Crippen LogP contribution in [0.2, 0.25) is 0 Å². The van der Waals surface area contributed by atoms with Crippen LogP contribution in [0.4, 0.5) is 11.4 Å². The normalized spacial score (nSPS) is 13.8. The average Bonchev–Trinajstić information content (AvgIpc) is 3.62. The van der Waals surface area contributed by atoms with Crippen LogP contribution in [-0.4, -0.2) is 55.8 Å². The summed E-state index contributed by atoms with van der Waals surface area (Å²) in [5.74, 6) is -0.387. The van der Waals surface area contributed by atoms with Gasteiger partial charge in [0.2, 0.25) is 11.8 Å². The summed E-state index contributed by atoms with van der Waals surface area (Å²) >= 11 is 0. The largest absolute Gasteiger partial charge is 0.497 e. The summed E-state index contributed by atoms with van der Waals surface area (Å²) in [6, 6.07) is 28.1. The Kier molecular flexibility index (Phi) is 11.1. The number of nitro benzene ring substituents is 1. The van der Waals surface area contributed by atoms with E-state index in [1.807, 2.05) is 36.4 Å². The van der Waals surface area contributed by atoms with Crippen molar-refractivity contribution in [2.24, 2.45) is 0 Å². The van der Waals surface area contributed by atoms with Crippen LogP contribution in [0.3, 0.4) is 0 Å². The maximum absolute atomic E-state index is 14.6. The summed E-state index contributed by atoms with van der Waals surface area (Å²) in [7, 11) is -2.79. The summed E-state index contributed by atoms with van der Waals surface area (Å²) in [6.45, 7) is -0.674. The van der Waals surface area contributed by atoms with Crippen molar-refractivity contribution >= 4 is 33.2 Å². The molecule has 0 radical (unpaired) electrons. The number of nitro groups is 1. The van der Waals surface area contributed by atoms with E-state index in [4.69, 9.17) is 4.74 Å². The van der Waals surface area contributed by atoms with Crippen LogP contribution in [0.5, 0.6) is 5.75 Å². The van der Waals surface area contributed by atoms with Gasteiger partial charge in [-0.05, 0) is 60.4 Å². The molecular weight excluding hydrogens is 632 g/mol. The van der Waals surface area contributed by atoms with Gasteiger partial charge in [-0.1, -0.05) is 73.5 Å². The number of anilines is 1. The predicted molar refractivity (Wildman–Crippen MR) is 182 cm³/mol. The highest BCUT2D eigenvalue weighted by molar-refractivity contribution is 7.92. The maximum Gasteiger partial charge on any atom is 0.269 e. The maximum atomic E-state index is 14.6. The Labute approximate surface area is 280 Å². The molecule has 11 nitrogen and oxygen atoms in total. The second-order valence-corrected chi connectivity index (χ2v) is 13.5. The van der Waals surface area contributed by atoms with Gasteiger partial charge in [-0.15, -0.1) is 0 Å². The zero-order valence-corrected chi connectivity index (χ0v) is 27.4. The highest BCUT2D eigenvalue weighted by Crippen LogP contribution is 2.27. The molecule has 2 amide bonds. The van der Waals surface area contributed by atoms with Crippen molar-refractivity contribution in [1.82, 2.24) is 10.2 Å². The molecule has 5 rings (SSSR count). The zero-order chi connectivity index (χ0) is 34.1. The van der Waals surface area contributed by atoms with E-state index >= 15 is 0 Å². The molecule has 0 aromatic heterocycles. The smallest absolute Gasteiger partial charge is 0.269 e. The van der Waals surface area contributed by atoms with Crippen molar-refractivity contribution in [3.05, 3.63) is 130 Å². The van der Waals surface area contributed by atoms with Crippen molar-refractivity contribution < 1.29 is 27.7 Å². The van der Waals surface area contributed by atoms with Crippen molar-refractivity contribution in [3.8, 4) is 5.75 Å². The molecule has 0 unspecified atom stereocenters. The van der Waals surface area contributed by atoms with E-state index < -0.39 is 33.4 Å². The summed E-state index contributed by atoms with van der Waals surface area (Å²) in [5.41, 5.74) is 1.35. The number of hydrogen-bond acceptors (Lipinski definition) is 7. The van der Waals surface area contributed by atoms with Gasteiger partial charge in [0.15, 0.2) is 0 Å². The first kappa shape index (κ1) is 34.1. The minimum atomic E-state index is -4.33. The number of rotatable bonds is 14. The van der Waals surface area contributed by atoms with Gasteiger partial charge in [0, 0.05) is 31.1 Å². The summed E-state index contributed by atoms with van der Waals surface area (Å²) in [4.78, 5) is 40.9. The van der Waals surface area contributed by atoms with Crippen molar-refractivity contribution in [1.29, 1.82) is 0 Å². The molecule has 1 fully saturated rings. The van der Waals surface area contributed by atoms with E-state index in [0.717, 1.165) is 35.6 Å². The molecule has 4 aromatic carbocycles. The fraction of sp³-hybridized carbons (Fsp3) is 0.278. The van der Waals surface area contributed by atoms with Crippen LogP contribution in [0, 0.1) is 10.1 Å². The van der Waals surface area contributed by atoms with Crippen LogP contribution in [0.15, 0.2) is 114 Å². The Hall–Kier alpha value is -5.23. The number of hydrogen-bond donors (Lipinski definition) is 1. The molecule has 250 valence electrons. The minimum absolute atomic E-state index is 0.00882. The first-order valence-electron chi connectivity index (χ1n) is 15.7. The van der Waals surface area contributed by atoms with Crippen molar-refractivity contribution in [2.45, 2.75) is 55.6 Å². The van der Waals surface area contributed by atoms with Crippen LogP contribution in [0.1, 0.15) is 36.8 Å². The molecule has 1 N–H and O–H groups in total. The van der Waals surface area contributed by atoms with E-state index in [1.54, 1.807) is 36.4 Å². The summed E-state index contributed by atoms with van der Waals surface area (Å²) in [5, 5.41) is 14.5. The van der Waals surface area contributed by atoms with Crippen LogP contribution in [-0.2, 0) is 32.6 Å². The van der Waals surface area contributed by atoms with Crippen molar-refractivity contribution in [2.75, 3.05) is 18.0 Å². The first-order chi connectivity index (χ1) is 23.2. The first-order valence-corrected chi connectivity index (χ1v) is 17.2. The molecule has 1 aliphatic carbocycles. The summed E-state index contributed by atoms with van der Waals surface area (Å²) in [6.07, 6.45) is 3.89. The van der Waals surface area contributed by atoms with Crippen LogP contribution >= 0.6 is 0 Å². The molecule has 1 aliphatic rings. The predicted octanol–water partition coefficient (Wildman–Crippen LogP) is 5.50. The van der Waals surface area contributed by atoms with Gasteiger partial charge in [0.25, 0.3) is 15.7 Å². The number of methoxy groups -OCH3 is 1. The molecule has 1 saturated carbocycles. The monoisotopic (exact) mass is 670 g/mol. The molecule has 4 aromatic rings. The Morgan fingerprint density at radius 3 is 2.15 bits per heavy atom. The fourth-order valence-corrected chi connectivity index (χ4v) is 7.31. The number of nitrogens with zero attached hydrogens (tertiary/aromatic N) is 3. The van der Waals surface area contributed by atoms with Crippen LogP contribution < -0.4 is 14.4 Å². The molecule has 0 spiro atoms. The van der Waals surface area contributed by atoms with E-state index in [9.17, 15) is 28.1 Å². The number of ether oxygens (including phenoxy) is 1. The second kappa shape index (κ2) is 15.6. The Morgan fingerprint density at radius 1 is 0.896 bits per heavy atom. The lowest BCUT2D eigenvalue weighted by Crippen LogP contribution is -2.54. The molecule has 1 atom stereocenters. The van der Waals surface area contributed by atoms with E-state index in [1.165, 1.54) is 48.4 Å². The zero-order valence-electron chi connectivity index (χ0n) is 26.6. The number of amides is 2. The number of benzene rings is 4. The highest BCUT2D eigenvalue weighted by Gasteiger charge is 2.35. The molecule has 48 heavy (non-hydrogen) atoms. The average molecular weight is 671 g/mol. The van der Waals surface area contributed by atoms with Gasteiger partial charge in [-0.25, -0.2) is 8.42 Å². The Morgan fingerprint density at radius 2 is 1.52 bits per heavy atom. The number of carbonyl (C=O) groups excluding carboxylic acids is 2. The van der Waals surface area contributed by atoms with Gasteiger partial charge in [0.1, 0.15) is 18.3 Å². The van der Waals surface area contributed by atoms with Gasteiger partial charge in [-0.3, -0.25) is 24.0 Å². The van der Waals surface area contributed by atoms with Gasteiger partial charge < -0.3 is 15.0 Å². The summed E-state index contributed by atoms with van der Waals surface area (Å²) < 4.78 is 34.5. The molecular formula is C36H38N4O7S. The van der Waals surface area contributed by atoms with E-state index in [0.29, 0.717) is 11.3 Å². The van der Waals surface area contributed by atoms with E-state index in [2.05, 4.69) is 5.32 Å². The fourth-order valence-electron chi connectivity index (χ4n) is 5.88. The second-order valence-electron chi connectivity index (χ2n) is 11.7. The quantitative estimate of drug-likeness (QED) is 0.138. The van der Waals surface area contributed by atoms with Gasteiger partial charge in [0.05, 0.1) is 22.6 Å². The van der Waals surface area contributed by atoms with Crippen molar-refractivity contribution in [3.63, 3.8) is 0 Å². The molecule has 0 aliphatic heterocycles. The molecule has 0 heterocycles. The molecule has 0 bridgehead atoms. The number of sulfonamides is 1. The SMILES string of the molecule is COc1cccc(CN(C(=O)CN(c2ccc([N+](=O)[O-])cc2)S(=O)(=O)c2ccccc2)[C@H](Cc2ccccc2)C(=O)NC2CCCC2)c1. The third-order valence-corrected chi connectivity index (χ3v) is 10.2. The van der Waals surface area contributed by atoms with E-state index in [-0.39, 0.29) is 41.2 Å². The van der Waals surface area contributed by atoms with Gasteiger partial charge in [-0.2, -0.15) is 0 Å². The minimum Gasteiger partial charge on any atom is -0.497 e. The number of nitrogens with one attached hydrogen (secondary N) is 1. The topological polar surface area (TPSA) is 139 Å². The van der Waals surface area contributed by atoms with Gasteiger partial charge >= 0.3 is 0 Å². The van der Waals surface area contributed by atoms with Crippen LogP contribution in [0.25, 0.3) is 0 Å². The molecule has 12 heteroatoms. The lowest BCUT2D eigenvalue weighted by molar-refractivity contribution is -0.384. The Balaban J connectivity index is 1.57. The third-order valence-electron chi connectivity index (χ3n) is 8.42.